The van der Waals surface area contributed by atoms with Crippen molar-refractivity contribution in [3.8, 4) is 0 Å². The van der Waals surface area contributed by atoms with Crippen LogP contribution in [0.3, 0.4) is 0 Å². The number of carbonyl (C=O) groups is 1. The molecule has 0 bridgehead atoms. The number of rotatable bonds is 6. The van der Waals surface area contributed by atoms with E-state index in [-0.39, 0.29) is 12.0 Å². The van der Waals surface area contributed by atoms with Crippen molar-refractivity contribution in [3.05, 3.63) is 0 Å². The number of carbonyl (C=O) groups excluding carboxylic acids is 1. The number of likely N-dealkylation sites (tertiary alicyclic amines) is 1. The van der Waals surface area contributed by atoms with E-state index in [4.69, 9.17) is 4.74 Å². The first kappa shape index (κ1) is 15.4. The number of esters is 1. The Morgan fingerprint density at radius 2 is 2.22 bits per heavy atom. The van der Waals surface area contributed by atoms with E-state index in [0.717, 1.165) is 26.1 Å². The summed E-state index contributed by atoms with van der Waals surface area (Å²) in [5, 5.41) is 3.29. The maximum Gasteiger partial charge on any atom is 0.324 e. The fourth-order valence-corrected chi connectivity index (χ4v) is 2.52. The van der Waals surface area contributed by atoms with E-state index in [1.54, 1.807) is 0 Å². The van der Waals surface area contributed by atoms with E-state index in [2.05, 4.69) is 24.1 Å². The van der Waals surface area contributed by atoms with E-state index in [1.165, 1.54) is 32.8 Å². The fraction of sp³-hybridized carbons (Fsp3) is 0.929. The number of nitrogens with zero attached hydrogens (tertiary/aromatic N) is 1. The van der Waals surface area contributed by atoms with Gasteiger partial charge in [-0.2, -0.15) is 0 Å². The third kappa shape index (κ3) is 4.94. The SMILES string of the molecule is CCCNC(CN1CCCCCC1C)C(=O)OC. The topological polar surface area (TPSA) is 41.6 Å². The molecule has 1 rings (SSSR count). The third-order valence-electron chi connectivity index (χ3n) is 3.73. The summed E-state index contributed by atoms with van der Waals surface area (Å²) in [6.45, 7) is 7.10. The molecule has 0 saturated carbocycles. The van der Waals surface area contributed by atoms with Gasteiger partial charge in [-0.3, -0.25) is 9.69 Å². The monoisotopic (exact) mass is 256 g/mol. The first-order chi connectivity index (χ1) is 8.69. The van der Waals surface area contributed by atoms with Gasteiger partial charge in [0.1, 0.15) is 6.04 Å². The van der Waals surface area contributed by atoms with Crippen LogP contribution in [0.1, 0.15) is 46.0 Å². The molecule has 18 heavy (non-hydrogen) atoms. The molecule has 1 heterocycles. The second kappa shape index (κ2) is 8.48. The molecule has 1 aliphatic heterocycles. The lowest BCUT2D eigenvalue weighted by molar-refractivity contribution is -0.143. The Labute approximate surface area is 111 Å². The summed E-state index contributed by atoms with van der Waals surface area (Å²) in [7, 11) is 1.47. The largest absolute Gasteiger partial charge is 0.468 e. The molecule has 2 unspecified atom stereocenters. The molecule has 0 aromatic rings. The zero-order valence-electron chi connectivity index (χ0n) is 12.1. The number of methoxy groups -OCH3 is 1. The number of hydrogen-bond acceptors (Lipinski definition) is 4. The molecule has 0 aromatic carbocycles. The van der Waals surface area contributed by atoms with Crippen molar-refractivity contribution < 1.29 is 9.53 Å². The minimum absolute atomic E-state index is 0.139. The molecular formula is C14H28N2O2. The summed E-state index contributed by atoms with van der Waals surface area (Å²) in [4.78, 5) is 14.2. The predicted molar refractivity (Wildman–Crippen MR) is 73.6 cm³/mol. The molecule has 2 atom stereocenters. The van der Waals surface area contributed by atoms with Crippen molar-refractivity contribution in [1.29, 1.82) is 0 Å². The zero-order chi connectivity index (χ0) is 13.4. The van der Waals surface area contributed by atoms with Crippen LogP contribution in [0.25, 0.3) is 0 Å². The minimum atomic E-state index is -0.185. The Bertz CT molecular complexity index is 246. The van der Waals surface area contributed by atoms with Crippen LogP contribution in [-0.4, -0.2) is 49.7 Å². The zero-order valence-corrected chi connectivity index (χ0v) is 12.1. The lowest BCUT2D eigenvalue weighted by Gasteiger charge is -2.30. The minimum Gasteiger partial charge on any atom is -0.468 e. The second-order valence-corrected chi connectivity index (χ2v) is 5.22. The van der Waals surface area contributed by atoms with Gasteiger partial charge < -0.3 is 10.1 Å². The molecule has 4 nitrogen and oxygen atoms in total. The highest BCUT2D eigenvalue weighted by Crippen LogP contribution is 2.16. The number of nitrogens with one attached hydrogen (secondary N) is 1. The van der Waals surface area contributed by atoms with Crippen molar-refractivity contribution in [1.82, 2.24) is 10.2 Å². The average Bonchev–Trinajstić information content (AvgIpc) is 2.58. The van der Waals surface area contributed by atoms with E-state index in [0.29, 0.717) is 6.04 Å². The molecule has 0 radical (unpaired) electrons. The Balaban J connectivity index is 2.53. The Morgan fingerprint density at radius 1 is 1.44 bits per heavy atom. The molecule has 106 valence electrons. The highest BCUT2D eigenvalue weighted by Gasteiger charge is 2.25. The summed E-state index contributed by atoms with van der Waals surface area (Å²) in [6, 6.07) is 0.388. The van der Waals surface area contributed by atoms with Gasteiger partial charge in [0, 0.05) is 12.6 Å². The van der Waals surface area contributed by atoms with E-state index in [9.17, 15) is 4.79 Å². The first-order valence-corrected chi connectivity index (χ1v) is 7.24. The molecule has 4 heteroatoms. The molecule has 1 aliphatic rings. The first-order valence-electron chi connectivity index (χ1n) is 7.24. The van der Waals surface area contributed by atoms with Gasteiger partial charge in [-0.25, -0.2) is 0 Å². The summed E-state index contributed by atoms with van der Waals surface area (Å²) < 4.78 is 4.89. The summed E-state index contributed by atoms with van der Waals surface area (Å²) in [6.07, 6.45) is 6.13. The van der Waals surface area contributed by atoms with E-state index >= 15 is 0 Å². The molecule has 1 saturated heterocycles. The van der Waals surface area contributed by atoms with Gasteiger partial charge in [0.25, 0.3) is 0 Å². The van der Waals surface area contributed by atoms with Crippen molar-refractivity contribution in [2.24, 2.45) is 0 Å². The van der Waals surface area contributed by atoms with Crippen molar-refractivity contribution in [2.45, 2.75) is 58.0 Å². The van der Waals surface area contributed by atoms with Gasteiger partial charge in [-0.1, -0.05) is 19.8 Å². The molecule has 0 spiro atoms. The van der Waals surface area contributed by atoms with Crippen LogP contribution in [0.4, 0.5) is 0 Å². The predicted octanol–water partition coefficient (Wildman–Crippen LogP) is 1.79. The number of hydrogen-bond donors (Lipinski definition) is 1. The molecule has 1 N–H and O–H groups in total. The fourth-order valence-electron chi connectivity index (χ4n) is 2.52. The standard InChI is InChI=1S/C14H28N2O2/c1-4-9-15-13(14(17)18-3)11-16-10-7-5-6-8-12(16)2/h12-13,15H,4-11H2,1-3H3. The molecular weight excluding hydrogens is 228 g/mol. The second-order valence-electron chi connectivity index (χ2n) is 5.22. The van der Waals surface area contributed by atoms with Gasteiger partial charge in [0.2, 0.25) is 0 Å². The van der Waals surface area contributed by atoms with Crippen LogP contribution in [0.2, 0.25) is 0 Å². The van der Waals surface area contributed by atoms with Gasteiger partial charge in [-0.05, 0) is 39.3 Å². The summed E-state index contributed by atoms with van der Waals surface area (Å²) in [5.41, 5.74) is 0. The van der Waals surface area contributed by atoms with Gasteiger partial charge in [0.05, 0.1) is 7.11 Å². The maximum atomic E-state index is 11.8. The van der Waals surface area contributed by atoms with Crippen molar-refractivity contribution in [2.75, 3.05) is 26.7 Å². The molecule has 0 aromatic heterocycles. The van der Waals surface area contributed by atoms with Gasteiger partial charge in [0.15, 0.2) is 0 Å². The van der Waals surface area contributed by atoms with Crippen molar-refractivity contribution >= 4 is 5.97 Å². The van der Waals surface area contributed by atoms with Crippen LogP contribution in [0.15, 0.2) is 0 Å². The van der Waals surface area contributed by atoms with E-state index in [1.807, 2.05) is 0 Å². The Kier molecular flexibility index (Phi) is 7.28. The van der Waals surface area contributed by atoms with Crippen LogP contribution in [0.5, 0.6) is 0 Å². The lowest BCUT2D eigenvalue weighted by atomic mass is 10.1. The summed E-state index contributed by atoms with van der Waals surface area (Å²) in [5.74, 6) is -0.139. The molecule has 1 fully saturated rings. The van der Waals surface area contributed by atoms with Crippen LogP contribution in [-0.2, 0) is 9.53 Å². The van der Waals surface area contributed by atoms with Crippen LogP contribution < -0.4 is 5.32 Å². The number of ether oxygens (including phenoxy) is 1. The molecule has 0 amide bonds. The van der Waals surface area contributed by atoms with Crippen LogP contribution in [0, 0.1) is 0 Å². The van der Waals surface area contributed by atoms with Crippen LogP contribution >= 0.6 is 0 Å². The Hall–Kier alpha value is -0.610. The van der Waals surface area contributed by atoms with Gasteiger partial charge in [-0.15, -0.1) is 0 Å². The smallest absolute Gasteiger partial charge is 0.324 e. The highest BCUT2D eigenvalue weighted by molar-refractivity contribution is 5.75. The lowest BCUT2D eigenvalue weighted by Crippen LogP contribution is -2.49. The van der Waals surface area contributed by atoms with Gasteiger partial charge >= 0.3 is 5.97 Å². The normalized spacial score (nSPS) is 23.4. The molecule has 0 aliphatic carbocycles. The Morgan fingerprint density at radius 3 is 2.89 bits per heavy atom. The quantitative estimate of drug-likeness (QED) is 0.736. The van der Waals surface area contributed by atoms with Crippen molar-refractivity contribution in [3.63, 3.8) is 0 Å². The summed E-state index contributed by atoms with van der Waals surface area (Å²) >= 11 is 0. The average molecular weight is 256 g/mol. The third-order valence-corrected chi connectivity index (χ3v) is 3.73. The van der Waals surface area contributed by atoms with E-state index < -0.39 is 0 Å². The maximum absolute atomic E-state index is 11.8. The highest BCUT2D eigenvalue weighted by atomic mass is 16.5.